The van der Waals surface area contributed by atoms with Crippen molar-refractivity contribution >= 4 is 15.9 Å². The maximum Gasteiger partial charge on any atom is 0.100 e. The molecule has 0 bridgehead atoms. The van der Waals surface area contributed by atoms with Crippen molar-refractivity contribution in [2.75, 3.05) is 0 Å². The molecular formula is C13H21BrN2O. The number of nitrogens with zero attached hydrogens (tertiary/aromatic N) is 2. The van der Waals surface area contributed by atoms with Crippen molar-refractivity contribution in [3.8, 4) is 0 Å². The highest BCUT2D eigenvalue weighted by atomic mass is 79.9. The van der Waals surface area contributed by atoms with Gasteiger partial charge in [-0.2, -0.15) is 5.10 Å². The minimum absolute atomic E-state index is 0.224. The van der Waals surface area contributed by atoms with E-state index in [1.165, 1.54) is 12.8 Å². The molecule has 2 unspecified atom stereocenters. The molecule has 0 aromatic carbocycles. The first-order valence-electron chi connectivity index (χ1n) is 6.36. The number of aryl methyl sites for hydroxylation is 1. The largest absolute Gasteiger partial charge is 0.386 e. The molecule has 3 nitrogen and oxygen atoms in total. The molecule has 0 radical (unpaired) electrons. The first-order valence-corrected chi connectivity index (χ1v) is 7.16. The molecule has 1 saturated carbocycles. The van der Waals surface area contributed by atoms with Crippen LogP contribution in [0.15, 0.2) is 10.7 Å². The minimum atomic E-state index is -0.413. The summed E-state index contributed by atoms with van der Waals surface area (Å²) in [4.78, 5) is 0. The van der Waals surface area contributed by atoms with Crippen molar-refractivity contribution in [1.82, 2.24) is 9.78 Å². The number of aliphatic hydroxyl groups excluding tert-OH is 1. The van der Waals surface area contributed by atoms with Gasteiger partial charge < -0.3 is 5.11 Å². The van der Waals surface area contributed by atoms with Gasteiger partial charge in [0.05, 0.1) is 16.4 Å². The van der Waals surface area contributed by atoms with Crippen LogP contribution in [0.4, 0.5) is 0 Å². The Hall–Kier alpha value is -0.350. The second-order valence-corrected chi connectivity index (χ2v) is 6.48. The Morgan fingerprint density at radius 1 is 1.65 bits per heavy atom. The van der Waals surface area contributed by atoms with Gasteiger partial charge in [-0.15, -0.1) is 0 Å². The summed E-state index contributed by atoms with van der Waals surface area (Å²) in [6, 6.07) is 0. The summed E-state index contributed by atoms with van der Waals surface area (Å²) in [6.45, 7) is 7.36. The minimum Gasteiger partial charge on any atom is -0.386 e. The van der Waals surface area contributed by atoms with E-state index in [9.17, 15) is 5.11 Å². The fourth-order valence-electron chi connectivity index (χ4n) is 3.05. The van der Waals surface area contributed by atoms with Gasteiger partial charge in [-0.05, 0) is 47.0 Å². The third-order valence-corrected chi connectivity index (χ3v) is 4.75. The molecule has 1 aromatic rings. The van der Waals surface area contributed by atoms with E-state index in [1.54, 1.807) is 6.20 Å². The van der Waals surface area contributed by atoms with Crippen LogP contribution in [-0.2, 0) is 6.54 Å². The quantitative estimate of drug-likeness (QED) is 0.927. The van der Waals surface area contributed by atoms with Gasteiger partial charge in [0.1, 0.15) is 6.10 Å². The number of rotatable bonds is 3. The van der Waals surface area contributed by atoms with Crippen molar-refractivity contribution in [2.24, 2.45) is 11.3 Å². The Kier molecular flexibility index (Phi) is 3.64. The highest BCUT2D eigenvalue weighted by Crippen LogP contribution is 2.49. The summed E-state index contributed by atoms with van der Waals surface area (Å²) in [7, 11) is 0. The van der Waals surface area contributed by atoms with E-state index < -0.39 is 6.10 Å². The fourth-order valence-corrected chi connectivity index (χ4v) is 3.58. The lowest BCUT2D eigenvalue weighted by atomic mass is 9.78. The molecular weight excluding hydrogens is 280 g/mol. The first-order chi connectivity index (χ1) is 7.97. The Balaban J connectivity index is 2.30. The monoisotopic (exact) mass is 300 g/mol. The Morgan fingerprint density at radius 3 is 2.88 bits per heavy atom. The van der Waals surface area contributed by atoms with Gasteiger partial charge in [-0.3, -0.25) is 4.68 Å². The van der Waals surface area contributed by atoms with Crippen LogP contribution >= 0.6 is 15.9 Å². The predicted molar refractivity (Wildman–Crippen MR) is 71.7 cm³/mol. The van der Waals surface area contributed by atoms with Crippen molar-refractivity contribution in [3.63, 3.8) is 0 Å². The Bertz CT molecular complexity index is 400. The van der Waals surface area contributed by atoms with Crippen molar-refractivity contribution in [1.29, 1.82) is 0 Å². The van der Waals surface area contributed by atoms with Crippen LogP contribution in [0.1, 0.15) is 51.8 Å². The van der Waals surface area contributed by atoms with E-state index in [-0.39, 0.29) is 5.41 Å². The summed E-state index contributed by atoms with van der Waals surface area (Å²) < 4.78 is 2.82. The molecule has 4 heteroatoms. The zero-order valence-corrected chi connectivity index (χ0v) is 12.4. The van der Waals surface area contributed by atoms with Crippen LogP contribution in [0.3, 0.4) is 0 Å². The molecule has 1 N–H and O–H groups in total. The lowest BCUT2D eigenvalue weighted by Crippen LogP contribution is -2.26. The van der Waals surface area contributed by atoms with Gasteiger partial charge in [-0.25, -0.2) is 0 Å². The second-order valence-electron chi connectivity index (χ2n) is 5.63. The van der Waals surface area contributed by atoms with E-state index in [1.807, 2.05) is 4.68 Å². The summed E-state index contributed by atoms with van der Waals surface area (Å²) >= 11 is 3.50. The number of aliphatic hydroxyl groups is 1. The van der Waals surface area contributed by atoms with Gasteiger partial charge in [0, 0.05) is 6.54 Å². The normalized spacial score (nSPS) is 25.1. The smallest absolute Gasteiger partial charge is 0.100 e. The highest BCUT2D eigenvalue weighted by molar-refractivity contribution is 9.10. The molecule has 0 spiro atoms. The number of hydrogen-bond donors (Lipinski definition) is 1. The average Bonchev–Trinajstić information content (AvgIpc) is 2.80. The molecule has 1 aliphatic rings. The molecule has 1 aromatic heterocycles. The van der Waals surface area contributed by atoms with Gasteiger partial charge in [0.2, 0.25) is 0 Å². The number of halogens is 1. The summed E-state index contributed by atoms with van der Waals surface area (Å²) in [6.07, 6.45) is 4.89. The first kappa shape index (κ1) is 13.1. The third-order valence-electron chi connectivity index (χ3n) is 4.13. The van der Waals surface area contributed by atoms with E-state index in [2.05, 4.69) is 41.8 Å². The van der Waals surface area contributed by atoms with Gasteiger partial charge in [-0.1, -0.05) is 20.3 Å². The maximum atomic E-state index is 10.6. The van der Waals surface area contributed by atoms with E-state index in [0.29, 0.717) is 5.92 Å². The van der Waals surface area contributed by atoms with Gasteiger partial charge >= 0.3 is 0 Å². The van der Waals surface area contributed by atoms with Crippen molar-refractivity contribution in [3.05, 3.63) is 16.4 Å². The van der Waals surface area contributed by atoms with Gasteiger partial charge in [0.15, 0.2) is 0 Å². The second kappa shape index (κ2) is 4.73. The summed E-state index contributed by atoms with van der Waals surface area (Å²) in [5.74, 6) is 0.334. The third kappa shape index (κ3) is 2.29. The average molecular weight is 301 g/mol. The number of hydrogen-bond acceptors (Lipinski definition) is 2. The zero-order valence-electron chi connectivity index (χ0n) is 10.8. The van der Waals surface area contributed by atoms with Crippen LogP contribution in [0.2, 0.25) is 0 Å². The molecule has 17 heavy (non-hydrogen) atoms. The Labute approximate surface area is 111 Å². The molecule has 2 rings (SSSR count). The van der Waals surface area contributed by atoms with Crippen LogP contribution in [-0.4, -0.2) is 14.9 Å². The lowest BCUT2D eigenvalue weighted by molar-refractivity contribution is 0.0459. The van der Waals surface area contributed by atoms with E-state index >= 15 is 0 Å². The molecule has 0 amide bonds. The summed E-state index contributed by atoms with van der Waals surface area (Å²) in [5.41, 5.74) is 1.16. The number of aromatic nitrogens is 2. The van der Waals surface area contributed by atoms with Crippen LogP contribution in [0, 0.1) is 11.3 Å². The molecule has 96 valence electrons. The lowest BCUT2D eigenvalue weighted by Gasteiger charge is -2.31. The van der Waals surface area contributed by atoms with Crippen molar-refractivity contribution in [2.45, 2.75) is 52.7 Å². The standard InChI is InChI=1S/C13H21BrN2O/c1-4-16-11(10(14)8-15-16)12(17)9-6-5-7-13(9,2)3/h8-9,12,17H,4-7H2,1-3H3. The molecule has 1 aliphatic carbocycles. The van der Waals surface area contributed by atoms with Crippen molar-refractivity contribution < 1.29 is 5.11 Å². The topological polar surface area (TPSA) is 38.0 Å². The fraction of sp³-hybridized carbons (Fsp3) is 0.769. The molecule has 1 heterocycles. The van der Waals surface area contributed by atoms with Crippen LogP contribution in [0.5, 0.6) is 0 Å². The molecule has 2 atom stereocenters. The van der Waals surface area contributed by atoms with E-state index in [4.69, 9.17) is 0 Å². The maximum absolute atomic E-state index is 10.6. The predicted octanol–water partition coefficient (Wildman–Crippen LogP) is 3.53. The molecule has 1 fully saturated rings. The SMILES string of the molecule is CCn1ncc(Br)c1C(O)C1CCCC1(C)C. The van der Waals surface area contributed by atoms with Crippen LogP contribution < -0.4 is 0 Å². The zero-order chi connectivity index (χ0) is 12.6. The highest BCUT2D eigenvalue weighted by Gasteiger charge is 2.41. The summed E-state index contributed by atoms with van der Waals surface area (Å²) in [5, 5.41) is 14.9. The Morgan fingerprint density at radius 2 is 2.35 bits per heavy atom. The van der Waals surface area contributed by atoms with Gasteiger partial charge in [0.25, 0.3) is 0 Å². The van der Waals surface area contributed by atoms with Crippen LogP contribution in [0.25, 0.3) is 0 Å². The molecule has 0 saturated heterocycles. The van der Waals surface area contributed by atoms with E-state index in [0.717, 1.165) is 23.1 Å². The molecule has 0 aliphatic heterocycles.